The molecule has 1 unspecified atom stereocenters. The van der Waals surface area contributed by atoms with Crippen molar-refractivity contribution in [3.05, 3.63) is 29.3 Å². The minimum absolute atomic E-state index is 0.299. The van der Waals surface area contributed by atoms with Gasteiger partial charge in [0.25, 0.3) is 0 Å². The van der Waals surface area contributed by atoms with E-state index >= 15 is 0 Å². The first-order valence-corrected chi connectivity index (χ1v) is 4.95. The number of aliphatic hydroxyl groups is 1. The number of benzene rings is 1. The molecule has 1 rings (SSSR count). The zero-order valence-electron chi connectivity index (χ0n) is 9.05. The highest BCUT2D eigenvalue weighted by atomic mass is 16.4. The number of carboxylic acid groups (broad SMARTS) is 1. The molecule has 0 aliphatic rings. The van der Waals surface area contributed by atoms with Gasteiger partial charge in [0.2, 0.25) is 0 Å². The standard InChI is InChI=1S/C11H13N3O3/c12-5-8-2-1-7(4-10(8)13)3-9(6-15)14-11(16)17/h1-2,4,9,14-15H,3,6,13H2,(H,16,17). The predicted octanol–water partition coefficient (Wildman–Crippen LogP) is 0.311. The zero-order valence-corrected chi connectivity index (χ0v) is 9.05. The molecular formula is C11H13N3O3. The number of nitrogen functional groups attached to an aromatic ring is 1. The number of nitrogens with zero attached hydrogens (tertiary/aromatic N) is 1. The lowest BCUT2D eigenvalue weighted by Crippen LogP contribution is -2.38. The predicted molar refractivity (Wildman–Crippen MR) is 61.3 cm³/mol. The Morgan fingerprint density at radius 1 is 1.59 bits per heavy atom. The van der Waals surface area contributed by atoms with Gasteiger partial charge < -0.3 is 21.3 Å². The average molecular weight is 235 g/mol. The second-order valence-corrected chi connectivity index (χ2v) is 3.57. The van der Waals surface area contributed by atoms with Gasteiger partial charge in [-0.15, -0.1) is 0 Å². The van der Waals surface area contributed by atoms with E-state index in [1.54, 1.807) is 18.2 Å². The molecule has 6 nitrogen and oxygen atoms in total. The lowest BCUT2D eigenvalue weighted by atomic mass is 10.0. The van der Waals surface area contributed by atoms with Crippen LogP contribution in [0.3, 0.4) is 0 Å². The van der Waals surface area contributed by atoms with Gasteiger partial charge in [0, 0.05) is 5.69 Å². The van der Waals surface area contributed by atoms with Crippen molar-refractivity contribution in [3.8, 4) is 6.07 Å². The number of hydrogen-bond donors (Lipinski definition) is 4. The summed E-state index contributed by atoms with van der Waals surface area (Å²) in [6, 6.07) is 6.21. The quantitative estimate of drug-likeness (QED) is 0.560. The SMILES string of the molecule is N#Cc1ccc(CC(CO)NC(=O)O)cc1N. The van der Waals surface area contributed by atoms with Gasteiger partial charge in [-0.1, -0.05) is 6.07 Å². The second kappa shape index (κ2) is 5.72. The first-order chi connectivity index (χ1) is 8.06. The van der Waals surface area contributed by atoms with E-state index in [9.17, 15) is 4.79 Å². The van der Waals surface area contributed by atoms with E-state index in [2.05, 4.69) is 5.32 Å². The van der Waals surface area contributed by atoms with Gasteiger partial charge in [-0.05, 0) is 24.1 Å². The molecule has 6 heteroatoms. The van der Waals surface area contributed by atoms with Crippen LogP contribution in [0.2, 0.25) is 0 Å². The molecule has 1 amide bonds. The van der Waals surface area contributed by atoms with Gasteiger partial charge >= 0.3 is 6.09 Å². The first kappa shape index (κ1) is 12.8. The minimum Gasteiger partial charge on any atom is -0.465 e. The largest absolute Gasteiger partial charge is 0.465 e. The summed E-state index contributed by atoms with van der Waals surface area (Å²) in [4.78, 5) is 10.4. The van der Waals surface area contributed by atoms with Crippen molar-refractivity contribution < 1.29 is 15.0 Å². The van der Waals surface area contributed by atoms with Crippen molar-refractivity contribution in [1.82, 2.24) is 5.32 Å². The minimum atomic E-state index is -1.19. The summed E-state index contributed by atoms with van der Waals surface area (Å²) in [7, 11) is 0. The Balaban J connectivity index is 2.77. The van der Waals surface area contributed by atoms with Gasteiger partial charge in [0.1, 0.15) is 6.07 Å². The van der Waals surface area contributed by atoms with Gasteiger partial charge in [-0.2, -0.15) is 5.26 Å². The third-order valence-electron chi connectivity index (χ3n) is 2.27. The topological polar surface area (TPSA) is 119 Å². The molecule has 0 aliphatic carbocycles. The average Bonchev–Trinajstić information content (AvgIpc) is 2.27. The Labute approximate surface area is 98.3 Å². The molecule has 0 aliphatic heterocycles. The number of nitrogens with one attached hydrogen (secondary N) is 1. The number of rotatable bonds is 4. The maximum absolute atomic E-state index is 10.4. The molecular weight excluding hydrogens is 222 g/mol. The molecule has 0 bridgehead atoms. The zero-order chi connectivity index (χ0) is 12.8. The maximum atomic E-state index is 10.4. The van der Waals surface area contributed by atoms with Crippen LogP contribution in [0.1, 0.15) is 11.1 Å². The van der Waals surface area contributed by atoms with Crippen LogP contribution >= 0.6 is 0 Å². The van der Waals surface area contributed by atoms with Crippen molar-refractivity contribution in [2.75, 3.05) is 12.3 Å². The molecule has 0 saturated carbocycles. The van der Waals surface area contributed by atoms with E-state index in [0.29, 0.717) is 17.7 Å². The smallest absolute Gasteiger partial charge is 0.404 e. The van der Waals surface area contributed by atoms with Crippen LogP contribution in [0.15, 0.2) is 18.2 Å². The van der Waals surface area contributed by atoms with Crippen molar-refractivity contribution in [1.29, 1.82) is 5.26 Å². The van der Waals surface area contributed by atoms with Crippen LogP contribution in [-0.2, 0) is 6.42 Å². The van der Waals surface area contributed by atoms with E-state index in [4.69, 9.17) is 21.2 Å². The summed E-state index contributed by atoms with van der Waals surface area (Å²) >= 11 is 0. The fraction of sp³-hybridized carbons (Fsp3) is 0.273. The number of amides is 1. The van der Waals surface area contributed by atoms with Crippen molar-refractivity contribution in [3.63, 3.8) is 0 Å². The fourth-order valence-electron chi connectivity index (χ4n) is 1.46. The number of nitrogens with two attached hydrogens (primary N) is 1. The fourth-order valence-corrected chi connectivity index (χ4v) is 1.46. The van der Waals surface area contributed by atoms with E-state index in [1.165, 1.54) is 0 Å². The van der Waals surface area contributed by atoms with E-state index in [1.807, 2.05) is 6.07 Å². The third kappa shape index (κ3) is 3.66. The molecule has 0 fully saturated rings. The van der Waals surface area contributed by atoms with Gasteiger partial charge in [-0.3, -0.25) is 0 Å². The van der Waals surface area contributed by atoms with E-state index < -0.39 is 12.1 Å². The highest BCUT2D eigenvalue weighted by Gasteiger charge is 2.11. The van der Waals surface area contributed by atoms with Crippen LogP contribution in [0.25, 0.3) is 0 Å². The third-order valence-corrected chi connectivity index (χ3v) is 2.27. The molecule has 5 N–H and O–H groups in total. The van der Waals surface area contributed by atoms with Gasteiger partial charge in [-0.25, -0.2) is 4.79 Å². The summed E-state index contributed by atoms with van der Waals surface area (Å²) in [5.74, 6) is 0. The normalized spacial score (nSPS) is 11.5. The molecule has 0 saturated heterocycles. The molecule has 0 aromatic heterocycles. The van der Waals surface area contributed by atoms with Crippen LogP contribution in [-0.4, -0.2) is 29.0 Å². The lowest BCUT2D eigenvalue weighted by molar-refractivity contribution is 0.177. The first-order valence-electron chi connectivity index (χ1n) is 4.95. The molecule has 0 spiro atoms. The van der Waals surface area contributed by atoms with Gasteiger partial charge in [0.15, 0.2) is 0 Å². The number of aliphatic hydroxyl groups excluding tert-OH is 1. The summed E-state index contributed by atoms with van der Waals surface area (Å²) in [5.41, 5.74) is 7.11. The second-order valence-electron chi connectivity index (χ2n) is 3.57. The maximum Gasteiger partial charge on any atom is 0.404 e. The summed E-state index contributed by atoms with van der Waals surface area (Å²) in [5, 5.41) is 28.4. The van der Waals surface area contributed by atoms with E-state index in [0.717, 1.165) is 5.56 Å². The van der Waals surface area contributed by atoms with Crippen LogP contribution in [0, 0.1) is 11.3 Å². The van der Waals surface area contributed by atoms with E-state index in [-0.39, 0.29) is 6.61 Å². The van der Waals surface area contributed by atoms with Crippen molar-refractivity contribution in [2.24, 2.45) is 0 Å². The molecule has 17 heavy (non-hydrogen) atoms. The number of anilines is 1. The molecule has 90 valence electrons. The highest BCUT2D eigenvalue weighted by molar-refractivity contribution is 5.65. The molecule has 1 atom stereocenters. The monoisotopic (exact) mass is 235 g/mol. The molecule has 1 aromatic carbocycles. The number of hydrogen-bond acceptors (Lipinski definition) is 4. The summed E-state index contributed by atoms with van der Waals surface area (Å²) in [6.07, 6.45) is -0.871. The van der Waals surface area contributed by atoms with Crippen molar-refractivity contribution in [2.45, 2.75) is 12.5 Å². The lowest BCUT2D eigenvalue weighted by Gasteiger charge is -2.14. The van der Waals surface area contributed by atoms with Crippen LogP contribution in [0.4, 0.5) is 10.5 Å². The Morgan fingerprint density at radius 3 is 2.76 bits per heavy atom. The number of nitriles is 1. The Bertz CT molecular complexity index is 454. The Morgan fingerprint density at radius 2 is 2.29 bits per heavy atom. The summed E-state index contributed by atoms with van der Waals surface area (Å²) in [6.45, 7) is -0.299. The highest BCUT2D eigenvalue weighted by Crippen LogP contribution is 2.14. The van der Waals surface area contributed by atoms with Gasteiger partial charge in [0.05, 0.1) is 18.2 Å². The Hall–Kier alpha value is -2.26. The van der Waals surface area contributed by atoms with Crippen LogP contribution in [0.5, 0.6) is 0 Å². The van der Waals surface area contributed by atoms with Crippen LogP contribution < -0.4 is 11.1 Å². The number of carbonyl (C=O) groups is 1. The van der Waals surface area contributed by atoms with Crippen molar-refractivity contribution >= 4 is 11.8 Å². The molecule has 0 radical (unpaired) electrons. The summed E-state index contributed by atoms with van der Waals surface area (Å²) < 4.78 is 0. The Kier molecular flexibility index (Phi) is 4.31. The molecule has 0 heterocycles. The molecule has 1 aromatic rings.